The van der Waals surface area contributed by atoms with E-state index in [2.05, 4.69) is 10.1 Å². The van der Waals surface area contributed by atoms with Crippen LogP contribution in [0.25, 0.3) is 0 Å². The number of nitrogens with two attached hydrogens (primary N) is 1. The Morgan fingerprint density at radius 3 is 2.94 bits per heavy atom. The predicted molar refractivity (Wildman–Crippen MR) is 56.6 cm³/mol. The van der Waals surface area contributed by atoms with E-state index in [-0.39, 0.29) is 6.01 Å². The van der Waals surface area contributed by atoms with Crippen molar-refractivity contribution in [1.29, 1.82) is 5.26 Å². The van der Waals surface area contributed by atoms with Crippen molar-refractivity contribution < 1.29 is 4.74 Å². The van der Waals surface area contributed by atoms with Gasteiger partial charge in [-0.25, -0.2) is 0 Å². The minimum atomic E-state index is 0.198. The van der Waals surface area contributed by atoms with Gasteiger partial charge < -0.3 is 10.5 Å². The summed E-state index contributed by atoms with van der Waals surface area (Å²) in [6.45, 7) is 0. The lowest BCUT2D eigenvalue weighted by Gasteiger charge is -2.03. The minimum absolute atomic E-state index is 0.198. The Hall–Kier alpha value is -2.55. The number of aromatic nitrogens is 3. The zero-order valence-electron chi connectivity index (χ0n) is 8.58. The number of nitrogens with zero attached hydrogens (tertiary/aromatic N) is 4. The summed E-state index contributed by atoms with van der Waals surface area (Å²) in [7, 11) is 1.73. The molecule has 16 heavy (non-hydrogen) atoms. The van der Waals surface area contributed by atoms with E-state index >= 15 is 0 Å². The highest BCUT2D eigenvalue weighted by Crippen LogP contribution is 2.24. The summed E-state index contributed by atoms with van der Waals surface area (Å²) in [6.07, 6.45) is 1.51. The van der Waals surface area contributed by atoms with Gasteiger partial charge in [-0.1, -0.05) is 0 Å². The number of hydrogen-bond acceptors (Lipinski definition) is 5. The zero-order valence-corrected chi connectivity index (χ0v) is 8.58. The fourth-order valence-electron chi connectivity index (χ4n) is 1.19. The maximum Gasteiger partial charge on any atom is 0.341 e. The molecule has 0 spiro atoms. The highest BCUT2D eigenvalue weighted by molar-refractivity contribution is 5.53. The van der Waals surface area contributed by atoms with Gasteiger partial charge in [0.15, 0.2) is 0 Å². The molecule has 2 N–H and O–H groups in total. The molecule has 1 heterocycles. The number of nitriles is 1. The van der Waals surface area contributed by atoms with Gasteiger partial charge in [-0.05, 0) is 18.2 Å². The SMILES string of the molecule is Cn1cnc(Oc2ccc(N)cc2C#N)n1. The van der Waals surface area contributed by atoms with Crippen molar-refractivity contribution in [3.63, 3.8) is 0 Å². The lowest BCUT2D eigenvalue weighted by atomic mass is 10.2. The predicted octanol–water partition coefficient (Wildman–Crippen LogP) is 1.06. The minimum Gasteiger partial charge on any atom is -0.422 e. The molecular weight excluding hydrogens is 206 g/mol. The van der Waals surface area contributed by atoms with E-state index in [1.54, 1.807) is 19.2 Å². The number of ether oxygens (including phenoxy) is 1. The van der Waals surface area contributed by atoms with E-state index in [0.29, 0.717) is 17.0 Å². The Balaban J connectivity index is 2.31. The molecule has 0 aliphatic rings. The topological polar surface area (TPSA) is 89.8 Å². The van der Waals surface area contributed by atoms with Gasteiger partial charge in [-0.2, -0.15) is 10.2 Å². The largest absolute Gasteiger partial charge is 0.422 e. The zero-order chi connectivity index (χ0) is 11.5. The number of nitrogen functional groups attached to an aromatic ring is 1. The molecule has 6 heteroatoms. The van der Waals surface area contributed by atoms with Crippen LogP contribution in [0.4, 0.5) is 5.69 Å². The van der Waals surface area contributed by atoms with Crippen molar-refractivity contribution >= 4 is 5.69 Å². The molecule has 0 fully saturated rings. The Morgan fingerprint density at radius 2 is 2.31 bits per heavy atom. The molecule has 2 aromatic rings. The molecule has 0 saturated carbocycles. The number of rotatable bonds is 2. The molecule has 1 aromatic heterocycles. The van der Waals surface area contributed by atoms with Gasteiger partial charge in [0.25, 0.3) is 0 Å². The normalized spacial score (nSPS) is 9.75. The Morgan fingerprint density at radius 1 is 1.50 bits per heavy atom. The van der Waals surface area contributed by atoms with Crippen LogP contribution < -0.4 is 10.5 Å². The van der Waals surface area contributed by atoms with Gasteiger partial charge >= 0.3 is 6.01 Å². The molecule has 1 aromatic carbocycles. The summed E-state index contributed by atoms with van der Waals surface area (Å²) in [5.41, 5.74) is 6.42. The van der Waals surface area contributed by atoms with Gasteiger partial charge in [-0.15, -0.1) is 5.10 Å². The van der Waals surface area contributed by atoms with Crippen LogP contribution in [0.2, 0.25) is 0 Å². The van der Waals surface area contributed by atoms with Gasteiger partial charge in [0.1, 0.15) is 18.1 Å². The number of hydrogen-bond donors (Lipinski definition) is 1. The summed E-state index contributed by atoms with van der Waals surface area (Å²) in [4.78, 5) is 3.90. The summed E-state index contributed by atoms with van der Waals surface area (Å²) < 4.78 is 6.87. The first kappa shape index (κ1) is 9.98. The number of anilines is 1. The van der Waals surface area contributed by atoms with E-state index in [0.717, 1.165) is 0 Å². The molecule has 0 bridgehead atoms. The summed E-state index contributed by atoms with van der Waals surface area (Å²) in [5.74, 6) is 0.392. The van der Waals surface area contributed by atoms with E-state index in [1.807, 2.05) is 6.07 Å². The molecule has 0 unspecified atom stereocenters. The molecule has 6 nitrogen and oxygen atoms in total. The Kier molecular flexibility index (Phi) is 2.44. The number of aryl methyl sites for hydroxylation is 1. The molecule has 0 saturated heterocycles. The first-order valence-electron chi connectivity index (χ1n) is 4.52. The first-order valence-corrected chi connectivity index (χ1v) is 4.52. The third-order valence-electron chi connectivity index (χ3n) is 1.90. The second kappa shape index (κ2) is 3.90. The van der Waals surface area contributed by atoms with Crippen LogP contribution in [0, 0.1) is 11.3 Å². The summed E-state index contributed by atoms with van der Waals surface area (Å²) >= 11 is 0. The first-order chi connectivity index (χ1) is 7.69. The van der Waals surface area contributed by atoms with E-state index in [1.165, 1.54) is 17.1 Å². The van der Waals surface area contributed by atoms with Crippen LogP contribution in [0.15, 0.2) is 24.5 Å². The molecule has 0 aliphatic heterocycles. The van der Waals surface area contributed by atoms with Crippen LogP contribution in [0.3, 0.4) is 0 Å². The second-order valence-corrected chi connectivity index (χ2v) is 3.17. The van der Waals surface area contributed by atoms with Crippen LogP contribution in [0.5, 0.6) is 11.8 Å². The van der Waals surface area contributed by atoms with E-state index < -0.39 is 0 Å². The average molecular weight is 215 g/mol. The van der Waals surface area contributed by atoms with Crippen LogP contribution in [0.1, 0.15) is 5.56 Å². The third-order valence-corrected chi connectivity index (χ3v) is 1.90. The van der Waals surface area contributed by atoms with Gasteiger partial charge in [0, 0.05) is 12.7 Å². The fourth-order valence-corrected chi connectivity index (χ4v) is 1.19. The standard InChI is InChI=1S/C10H9N5O/c1-15-6-13-10(14-15)16-9-3-2-8(12)4-7(9)5-11/h2-4,6H,12H2,1H3. The van der Waals surface area contributed by atoms with Crippen molar-refractivity contribution in [2.24, 2.45) is 7.05 Å². The van der Waals surface area contributed by atoms with Crippen LogP contribution in [-0.4, -0.2) is 14.8 Å². The van der Waals surface area contributed by atoms with E-state index in [4.69, 9.17) is 15.7 Å². The number of benzene rings is 1. The van der Waals surface area contributed by atoms with Crippen molar-refractivity contribution in [2.45, 2.75) is 0 Å². The van der Waals surface area contributed by atoms with Crippen LogP contribution >= 0.6 is 0 Å². The molecule has 0 aliphatic carbocycles. The van der Waals surface area contributed by atoms with Crippen molar-refractivity contribution in [1.82, 2.24) is 14.8 Å². The van der Waals surface area contributed by atoms with Crippen molar-refractivity contribution in [3.8, 4) is 17.8 Å². The molecule has 2 rings (SSSR count). The third kappa shape index (κ3) is 1.93. The lowest BCUT2D eigenvalue weighted by molar-refractivity contribution is 0.438. The Bertz CT molecular complexity index is 555. The molecular formula is C10H9N5O. The molecule has 80 valence electrons. The summed E-state index contributed by atoms with van der Waals surface area (Å²) in [6, 6.07) is 7.00. The Labute approximate surface area is 91.9 Å². The van der Waals surface area contributed by atoms with Gasteiger partial charge in [0.05, 0.1) is 5.56 Å². The lowest BCUT2D eigenvalue weighted by Crippen LogP contribution is -1.93. The highest BCUT2D eigenvalue weighted by atomic mass is 16.5. The quantitative estimate of drug-likeness (QED) is 0.756. The average Bonchev–Trinajstić information content (AvgIpc) is 2.67. The maximum absolute atomic E-state index is 8.89. The van der Waals surface area contributed by atoms with Crippen molar-refractivity contribution in [2.75, 3.05) is 5.73 Å². The summed E-state index contributed by atoms with van der Waals surface area (Å²) in [5, 5.41) is 12.8. The maximum atomic E-state index is 8.89. The second-order valence-electron chi connectivity index (χ2n) is 3.17. The van der Waals surface area contributed by atoms with Crippen LogP contribution in [-0.2, 0) is 7.05 Å². The van der Waals surface area contributed by atoms with E-state index in [9.17, 15) is 0 Å². The van der Waals surface area contributed by atoms with Gasteiger partial charge in [-0.3, -0.25) is 4.68 Å². The smallest absolute Gasteiger partial charge is 0.341 e. The fraction of sp³-hybridized carbons (Fsp3) is 0.100. The molecule has 0 amide bonds. The van der Waals surface area contributed by atoms with Gasteiger partial charge in [0.2, 0.25) is 0 Å². The molecule has 0 radical (unpaired) electrons. The van der Waals surface area contributed by atoms with Crippen molar-refractivity contribution in [3.05, 3.63) is 30.1 Å². The highest BCUT2D eigenvalue weighted by Gasteiger charge is 2.07. The molecule has 0 atom stereocenters. The monoisotopic (exact) mass is 215 g/mol.